The van der Waals surface area contributed by atoms with Crippen molar-refractivity contribution in [2.24, 2.45) is 67.5 Å². The van der Waals surface area contributed by atoms with E-state index in [-0.39, 0.29) is 101 Å². The lowest BCUT2D eigenvalue weighted by Crippen LogP contribution is -2.61. The molecule has 0 fully saturated rings. The molecule has 6 atom stereocenters. The van der Waals surface area contributed by atoms with Gasteiger partial charge in [0.2, 0.25) is 47.3 Å². The highest BCUT2D eigenvalue weighted by Crippen LogP contribution is 2.14. The first-order valence-corrected chi connectivity index (χ1v) is 24.7. The average molecular weight is 1030 g/mol. The number of nitrogens with two attached hydrogens (primary N) is 9. The molecule has 0 aromatic heterocycles. The van der Waals surface area contributed by atoms with Crippen LogP contribution in [0.3, 0.4) is 0 Å². The molecule has 8 amide bonds. The minimum absolute atomic E-state index is 0.00884. The van der Waals surface area contributed by atoms with Crippen molar-refractivity contribution in [3.05, 3.63) is 29.8 Å². The normalized spacial score (nSPS) is 13.4. The van der Waals surface area contributed by atoms with Gasteiger partial charge in [-0.05, 0) is 94.5 Å². The van der Waals surface area contributed by atoms with Crippen LogP contribution in [0.15, 0.2) is 34.3 Å². The second-order valence-corrected chi connectivity index (χ2v) is 18.0. The van der Waals surface area contributed by atoms with Gasteiger partial charge in [-0.2, -0.15) is 0 Å². The largest absolute Gasteiger partial charge is 0.508 e. The molecule has 1 rings (SSSR count). The Balaban J connectivity index is 3.48. The summed E-state index contributed by atoms with van der Waals surface area (Å²) in [5.74, 6) is -6.07. The van der Waals surface area contributed by atoms with E-state index in [1.54, 1.807) is 6.92 Å². The van der Waals surface area contributed by atoms with Crippen molar-refractivity contribution in [1.82, 2.24) is 36.4 Å². The van der Waals surface area contributed by atoms with Crippen molar-refractivity contribution in [1.29, 1.82) is 0 Å². The molecule has 0 saturated carbocycles. The van der Waals surface area contributed by atoms with Crippen LogP contribution in [0.25, 0.3) is 0 Å². The number of aromatic hydroxyl groups is 1. The Morgan fingerprint density at radius 2 is 1.05 bits per heavy atom. The summed E-state index contributed by atoms with van der Waals surface area (Å²) in [5, 5.41) is 23.3. The molecule has 73 heavy (non-hydrogen) atoms. The van der Waals surface area contributed by atoms with E-state index < -0.39 is 103 Å². The maximum atomic E-state index is 14.2. The Morgan fingerprint density at radius 1 is 0.575 bits per heavy atom. The SMILES string of the molecule is CCC[C@H](NC(=O)[C@H](CCCN=C(N)N)NC(=O)CN(CCCN)C(=O)[C@@H](N)CCCN=C(N)N)C(=O)N[C@@H](Cc1ccc(O)cc1)C(=O)N[C@@H](CN)C(=O)N[C@@H](CCC(C)C)C(=O)N(CCCN)CC(N)=O. The minimum atomic E-state index is -1.42. The van der Waals surface area contributed by atoms with E-state index in [2.05, 4.69) is 36.6 Å². The van der Waals surface area contributed by atoms with Crippen molar-refractivity contribution in [2.45, 2.75) is 128 Å². The second kappa shape index (κ2) is 35.3. The third-order valence-electron chi connectivity index (χ3n) is 11.2. The van der Waals surface area contributed by atoms with Crippen LogP contribution < -0.4 is 78.2 Å². The molecule has 1 aromatic rings. The summed E-state index contributed by atoms with van der Waals surface area (Å²) >= 11 is 0. The van der Waals surface area contributed by atoms with Crippen LogP contribution in [-0.2, 0) is 44.8 Å². The van der Waals surface area contributed by atoms with E-state index in [9.17, 15) is 43.5 Å². The van der Waals surface area contributed by atoms with Gasteiger partial charge in [-0.3, -0.25) is 48.3 Å². The fraction of sp³-hybridized carbons (Fsp3) is 0.652. The van der Waals surface area contributed by atoms with Gasteiger partial charge >= 0.3 is 0 Å². The first-order chi connectivity index (χ1) is 34.6. The first kappa shape index (κ1) is 64.2. The van der Waals surface area contributed by atoms with E-state index in [4.69, 9.17) is 51.6 Å². The highest BCUT2D eigenvalue weighted by molar-refractivity contribution is 5.97. The highest BCUT2D eigenvalue weighted by atomic mass is 16.3. The number of hydrogen-bond acceptors (Lipinski definition) is 15. The molecule has 0 aliphatic carbocycles. The first-order valence-electron chi connectivity index (χ1n) is 24.7. The molecular formula is C46H84N18O9. The summed E-state index contributed by atoms with van der Waals surface area (Å²) < 4.78 is 0. The maximum Gasteiger partial charge on any atom is 0.245 e. The number of aliphatic imine (C=N–C) groups is 2. The lowest BCUT2D eigenvalue weighted by Gasteiger charge is -2.29. The summed E-state index contributed by atoms with van der Waals surface area (Å²) in [5.41, 5.74) is 51.3. The highest BCUT2D eigenvalue weighted by Gasteiger charge is 2.34. The Labute approximate surface area is 427 Å². The van der Waals surface area contributed by atoms with Crippen LogP contribution in [0.1, 0.15) is 90.5 Å². The van der Waals surface area contributed by atoms with Crippen LogP contribution in [0, 0.1) is 5.92 Å². The van der Waals surface area contributed by atoms with Gasteiger partial charge in [0, 0.05) is 39.1 Å². The molecule has 27 nitrogen and oxygen atoms in total. The molecular weight excluding hydrogens is 949 g/mol. The van der Waals surface area contributed by atoms with Crippen LogP contribution in [-0.4, -0.2) is 169 Å². The van der Waals surface area contributed by atoms with Crippen LogP contribution in [0.4, 0.5) is 0 Å². The quantitative estimate of drug-likeness (QED) is 0.0168. The number of phenolic OH excluding ortho intramolecular Hbond substituents is 1. The predicted molar refractivity (Wildman–Crippen MR) is 277 cm³/mol. The molecule has 412 valence electrons. The third kappa shape index (κ3) is 26.4. The number of carbonyl (C=O) groups is 8. The van der Waals surface area contributed by atoms with Crippen molar-refractivity contribution in [3.63, 3.8) is 0 Å². The third-order valence-corrected chi connectivity index (χ3v) is 11.2. The number of guanidine groups is 2. The molecule has 0 aliphatic heterocycles. The Morgan fingerprint density at radius 3 is 1.56 bits per heavy atom. The number of hydrogen-bond donors (Lipinski definition) is 15. The molecule has 0 aliphatic rings. The van der Waals surface area contributed by atoms with Gasteiger partial charge in [0.15, 0.2) is 11.9 Å². The smallest absolute Gasteiger partial charge is 0.245 e. The average Bonchev–Trinajstić information content (AvgIpc) is 3.33. The molecule has 24 N–H and O–H groups in total. The van der Waals surface area contributed by atoms with Gasteiger partial charge in [-0.1, -0.05) is 39.3 Å². The Bertz CT molecular complexity index is 1960. The number of amides is 8. The zero-order valence-electron chi connectivity index (χ0n) is 42.7. The van der Waals surface area contributed by atoms with Gasteiger partial charge in [0.25, 0.3) is 0 Å². The van der Waals surface area contributed by atoms with E-state index in [1.165, 1.54) is 34.1 Å². The Hall–Kier alpha value is -6.84. The minimum Gasteiger partial charge on any atom is -0.508 e. The molecule has 0 saturated heterocycles. The molecule has 0 spiro atoms. The van der Waals surface area contributed by atoms with Crippen molar-refractivity contribution < 1.29 is 43.5 Å². The van der Waals surface area contributed by atoms with E-state index in [0.717, 1.165) is 0 Å². The summed E-state index contributed by atoms with van der Waals surface area (Å²) in [6, 6.07) is -1.67. The second-order valence-electron chi connectivity index (χ2n) is 18.0. The molecule has 0 radical (unpaired) electrons. The number of rotatable bonds is 37. The number of nitrogens with zero attached hydrogens (tertiary/aromatic N) is 4. The van der Waals surface area contributed by atoms with Crippen LogP contribution in [0.2, 0.25) is 0 Å². The number of nitrogens with one attached hydrogen (secondary N) is 5. The van der Waals surface area contributed by atoms with Crippen molar-refractivity contribution in [2.75, 3.05) is 58.9 Å². The number of primary amides is 1. The monoisotopic (exact) mass is 1030 g/mol. The van der Waals surface area contributed by atoms with E-state index >= 15 is 0 Å². The Kier molecular flexibility index (Phi) is 31.0. The zero-order valence-corrected chi connectivity index (χ0v) is 42.7. The summed E-state index contributed by atoms with van der Waals surface area (Å²) in [6.07, 6.45) is 2.47. The van der Waals surface area contributed by atoms with E-state index in [0.29, 0.717) is 37.7 Å². The van der Waals surface area contributed by atoms with Gasteiger partial charge in [0.1, 0.15) is 36.0 Å². The lowest BCUT2D eigenvalue weighted by atomic mass is 10.0. The van der Waals surface area contributed by atoms with Crippen molar-refractivity contribution >= 4 is 59.2 Å². The summed E-state index contributed by atoms with van der Waals surface area (Å²) in [7, 11) is 0. The van der Waals surface area contributed by atoms with Gasteiger partial charge < -0.3 is 93.1 Å². The number of benzene rings is 1. The van der Waals surface area contributed by atoms with Crippen LogP contribution >= 0.6 is 0 Å². The zero-order chi connectivity index (χ0) is 55.0. The predicted octanol–water partition coefficient (Wildman–Crippen LogP) is -5.17. The number of phenols is 1. The van der Waals surface area contributed by atoms with Crippen molar-refractivity contribution in [3.8, 4) is 5.75 Å². The molecule has 1 aromatic carbocycles. The van der Waals surface area contributed by atoms with Gasteiger partial charge in [-0.15, -0.1) is 0 Å². The summed E-state index contributed by atoms with van der Waals surface area (Å²) in [6.45, 7) is 5.25. The fourth-order valence-corrected chi connectivity index (χ4v) is 7.28. The fourth-order valence-electron chi connectivity index (χ4n) is 7.28. The number of carbonyl (C=O) groups excluding carboxylic acids is 8. The molecule has 0 bridgehead atoms. The van der Waals surface area contributed by atoms with Gasteiger partial charge in [-0.25, -0.2) is 0 Å². The van der Waals surface area contributed by atoms with Gasteiger partial charge in [0.05, 0.1) is 19.1 Å². The standard InChI is InChI=1S/C46H84N18O9/c1-4-9-32(59-40(69)33(11-6-21-57-46(54)55)58-38(67)27-64(23-8-19-48)43(72)31(50)10-5-20-56-45(52)53)39(68)61-35(24-29-13-15-30(65)16-14-29)41(70)62-36(25-49)42(71)60-34(17-12-28(2)3)44(73)63(22-7-18-47)26-37(51)66/h13-16,28,31-36,65H,4-12,17-27,47-50H2,1-3H3,(H2,51,66)(H,58,67)(H,59,69)(H,60,71)(H,61,68)(H,62,70)(H4,52,53,56)(H4,54,55,57)/t31-,32-,33-,34-,35-,36-/m0/s1. The van der Waals surface area contributed by atoms with Crippen LogP contribution in [0.5, 0.6) is 5.75 Å². The lowest BCUT2D eigenvalue weighted by molar-refractivity contribution is -0.140. The molecule has 27 heteroatoms. The maximum absolute atomic E-state index is 14.2. The van der Waals surface area contributed by atoms with E-state index in [1.807, 2.05) is 13.8 Å². The summed E-state index contributed by atoms with van der Waals surface area (Å²) in [4.78, 5) is 119. The topological polar surface area (TPSA) is 482 Å². The molecule has 0 heterocycles. The molecule has 0 unspecified atom stereocenters.